The Labute approximate surface area is 154 Å². The van der Waals surface area contributed by atoms with Crippen molar-refractivity contribution in [2.75, 3.05) is 24.2 Å². The molecule has 26 heavy (non-hydrogen) atoms. The third-order valence-electron chi connectivity index (χ3n) is 4.15. The molecule has 0 spiro atoms. The summed E-state index contributed by atoms with van der Waals surface area (Å²) >= 11 is 0. The molecule has 1 aliphatic rings. The minimum Gasteiger partial charge on any atom is -0.366 e. The molecule has 0 aliphatic carbocycles. The summed E-state index contributed by atoms with van der Waals surface area (Å²) < 4.78 is 21.7. The zero-order valence-electron chi connectivity index (χ0n) is 16.9. The first-order chi connectivity index (χ1) is 13.8. The highest BCUT2D eigenvalue weighted by Gasteiger charge is 2.25. The zero-order valence-corrected chi connectivity index (χ0v) is 13.9. The summed E-state index contributed by atoms with van der Waals surface area (Å²) in [6, 6.07) is 7.26. The maximum atomic E-state index is 12.3. The Morgan fingerprint density at radius 2 is 2.08 bits per heavy atom. The molecule has 8 nitrogen and oxygen atoms in total. The molecule has 0 saturated carbocycles. The van der Waals surface area contributed by atoms with E-state index in [1.165, 1.54) is 6.20 Å². The predicted octanol–water partition coefficient (Wildman–Crippen LogP) is 1.99. The number of rotatable bonds is 3. The standard InChI is InChI=1S/C18H17N7O/c1-19-18(26)16-12(6-7-22-24-16)23-13-5-3-4-11-15-14(20-8-9-21-15)10-25(2)17(11)13/h3-9H,10H2,1-2H3,(H,19,26)(H,22,23)/i1D3. The van der Waals surface area contributed by atoms with Gasteiger partial charge in [-0.2, -0.15) is 5.10 Å². The highest BCUT2D eigenvalue weighted by Crippen LogP contribution is 2.42. The van der Waals surface area contributed by atoms with Gasteiger partial charge in [0.25, 0.3) is 5.91 Å². The second-order valence-corrected chi connectivity index (χ2v) is 5.78. The van der Waals surface area contributed by atoms with Gasteiger partial charge in [-0.05, 0) is 12.1 Å². The number of aromatic nitrogens is 4. The van der Waals surface area contributed by atoms with E-state index in [1.807, 2.05) is 35.5 Å². The van der Waals surface area contributed by atoms with Crippen LogP contribution in [0.15, 0.2) is 42.9 Å². The molecule has 0 saturated heterocycles. The normalized spacial score (nSPS) is 14.3. The van der Waals surface area contributed by atoms with Crippen LogP contribution in [0.4, 0.5) is 17.1 Å². The molecule has 0 fully saturated rings. The topological polar surface area (TPSA) is 95.9 Å². The van der Waals surface area contributed by atoms with E-state index in [2.05, 4.69) is 25.5 Å². The lowest BCUT2D eigenvalue weighted by Crippen LogP contribution is -2.24. The van der Waals surface area contributed by atoms with Crippen LogP contribution in [0.1, 0.15) is 20.3 Å². The van der Waals surface area contributed by atoms with Crippen molar-refractivity contribution in [3.8, 4) is 11.3 Å². The van der Waals surface area contributed by atoms with Crippen molar-refractivity contribution in [2.45, 2.75) is 6.54 Å². The van der Waals surface area contributed by atoms with Crippen molar-refractivity contribution in [1.82, 2.24) is 25.5 Å². The van der Waals surface area contributed by atoms with Crippen molar-refractivity contribution in [3.63, 3.8) is 0 Å². The fraction of sp³-hybridized carbons (Fsp3) is 0.167. The maximum absolute atomic E-state index is 12.3. The first kappa shape index (κ1) is 12.8. The van der Waals surface area contributed by atoms with Crippen molar-refractivity contribution in [2.24, 2.45) is 0 Å². The van der Waals surface area contributed by atoms with Crippen LogP contribution in [0.5, 0.6) is 0 Å². The van der Waals surface area contributed by atoms with E-state index in [4.69, 9.17) is 4.11 Å². The summed E-state index contributed by atoms with van der Waals surface area (Å²) in [4.78, 5) is 23.2. The highest BCUT2D eigenvalue weighted by atomic mass is 16.1. The summed E-state index contributed by atoms with van der Waals surface area (Å²) in [6.45, 7) is -2.05. The van der Waals surface area contributed by atoms with Crippen molar-refractivity contribution in [1.29, 1.82) is 0 Å². The SMILES string of the molecule is [2H]C([2H])([2H])NC(=O)c1nnccc1Nc1cccc2c1N(C)Cc1nccnc1-2. The lowest BCUT2D eigenvalue weighted by molar-refractivity contribution is 0.0958. The van der Waals surface area contributed by atoms with Crippen molar-refractivity contribution >= 4 is 23.0 Å². The number of benzene rings is 1. The minimum absolute atomic E-state index is 0.111. The number of carbonyl (C=O) groups excluding carboxylic acids is 1. The van der Waals surface area contributed by atoms with E-state index >= 15 is 0 Å². The number of hydrogen-bond acceptors (Lipinski definition) is 7. The van der Waals surface area contributed by atoms with E-state index in [9.17, 15) is 4.79 Å². The van der Waals surface area contributed by atoms with Gasteiger partial charge in [-0.1, -0.05) is 12.1 Å². The van der Waals surface area contributed by atoms with Gasteiger partial charge in [-0.15, -0.1) is 5.10 Å². The summed E-state index contributed by atoms with van der Waals surface area (Å²) in [5.41, 5.74) is 4.42. The minimum atomic E-state index is -2.62. The molecule has 3 heterocycles. The van der Waals surface area contributed by atoms with Gasteiger partial charge >= 0.3 is 0 Å². The molecule has 1 amide bonds. The number of carbonyl (C=O) groups is 1. The summed E-state index contributed by atoms with van der Waals surface area (Å²) in [7, 11) is 1.94. The Kier molecular flexibility index (Phi) is 3.14. The summed E-state index contributed by atoms with van der Waals surface area (Å²) in [5.74, 6) is -0.838. The molecule has 2 aromatic heterocycles. The quantitative estimate of drug-likeness (QED) is 0.746. The van der Waals surface area contributed by atoms with Crippen molar-refractivity contribution < 1.29 is 8.91 Å². The number of nitrogens with one attached hydrogen (secondary N) is 2. The van der Waals surface area contributed by atoms with Crippen LogP contribution in [0.2, 0.25) is 0 Å². The number of hydrogen-bond donors (Lipinski definition) is 2. The van der Waals surface area contributed by atoms with Crippen LogP contribution in [-0.4, -0.2) is 40.1 Å². The first-order valence-corrected chi connectivity index (χ1v) is 7.89. The van der Waals surface area contributed by atoms with E-state index < -0.39 is 12.9 Å². The Morgan fingerprint density at radius 1 is 1.19 bits per heavy atom. The lowest BCUT2D eigenvalue weighted by Gasteiger charge is -2.30. The monoisotopic (exact) mass is 350 g/mol. The Morgan fingerprint density at radius 3 is 2.96 bits per heavy atom. The molecular formula is C18H17N7O. The second-order valence-electron chi connectivity index (χ2n) is 5.78. The Bertz CT molecular complexity index is 1090. The van der Waals surface area contributed by atoms with Crippen LogP contribution < -0.4 is 15.5 Å². The molecule has 1 aliphatic heterocycles. The molecule has 0 radical (unpaired) electrons. The molecular weight excluding hydrogens is 330 g/mol. The third-order valence-corrected chi connectivity index (χ3v) is 4.15. The maximum Gasteiger partial charge on any atom is 0.273 e. The third kappa shape index (κ3) is 2.61. The van der Waals surface area contributed by atoms with Gasteiger partial charge in [0.15, 0.2) is 5.69 Å². The Hall–Kier alpha value is -3.55. The molecule has 3 aromatic rings. The number of amides is 1. The van der Waals surface area contributed by atoms with E-state index in [1.54, 1.807) is 18.5 Å². The van der Waals surface area contributed by atoms with Crippen LogP contribution in [-0.2, 0) is 6.54 Å². The molecule has 0 atom stereocenters. The van der Waals surface area contributed by atoms with Gasteiger partial charge in [0, 0.05) is 36.1 Å². The molecule has 0 unspecified atom stereocenters. The number of nitrogens with zero attached hydrogens (tertiary/aromatic N) is 5. The molecule has 8 heteroatoms. The van der Waals surface area contributed by atoms with E-state index in [0.29, 0.717) is 12.2 Å². The van der Waals surface area contributed by atoms with E-state index in [-0.39, 0.29) is 5.69 Å². The van der Waals surface area contributed by atoms with Gasteiger partial charge < -0.3 is 15.5 Å². The van der Waals surface area contributed by atoms with Crippen LogP contribution in [0.3, 0.4) is 0 Å². The van der Waals surface area contributed by atoms with Crippen LogP contribution in [0.25, 0.3) is 11.3 Å². The molecule has 130 valence electrons. The average Bonchev–Trinajstić information content (AvgIpc) is 2.67. The summed E-state index contributed by atoms with van der Waals surface area (Å²) in [5, 5.41) is 12.6. The number of para-hydroxylation sites is 1. The average molecular weight is 350 g/mol. The zero-order chi connectivity index (χ0) is 20.6. The first-order valence-electron chi connectivity index (χ1n) is 9.39. The van der Waals surface area contributed by atoms with Gasteiger partial charge in [0.05, 0.1) is 41.2 Å². The van der Waals surface area contributed by atoms with E-state index in [0.717, 1.165) is 28.3 Å². The van der Waals surface area contributed by atoms with Crippen molar-refractivity contribution in [3.05, 3.63) is 54.2 Å². The van der Waals surface area contributed by atoms with Gasteiger partial charge in [0.1, 0.15) is 0 Å². The molecule has 0 bridgehead atoms. The smallest absolute Gasteiger partial charge is 0.273 e. The molecule has 2 N–H and O–H groups in total. The number of anilines is 3. The fourth-order valence-corrected chi connectivity index (χ4v) is 3.06. The second kappa shape index (κ2) is 6.40. The molecule has 1 aromatic carbocycles. The largest absolute Gasteiger partial charge is 0.366 e. The number of fused-ring (bicyclic) bond motifs is 3. The van der Waals surface area contributed by atoms with Crippen LogP contribution in [0, 0.1) is 0 Å². The molecule has 4 rings (SSSR count). The Balaban J connectivity index is 1.74. The van der Waals surface area contributed by atoms with Gasteiger partial charge in [-0.3, -0.25) is 14.8 Å². The summed E-state index contributed by atoms with van der Waals surface area (Å²) in [6.07, 6.45) is 4.74. The van der Waals surface area contributed by atoms with Gasteiger partial charge in [-0.25, -0.2) is 0 Å². The highest BCUT2D eigenvalue weighted by molar-refractivity contribution is 5.99. The fourth-order valence-electron chi connectivity index (χ4n) is 3.06. The van der Waals surface area contributed by atoms with Gasteiger partial charge in [0.2, 0.25) is 0 Å². The van der Waals surface area contributed by atoms with Crippen LogP contribution >= 0.6 is 0 Å². The lowest BCUT2D eigenvalue weighted by atomic mass is 10.0. The predicted molar refractivity (Wildman–Crippen MR) is 98.3 cm³/mol.